The zero-order chi connectivity index (χ0) is 17.8. The first kappa shape index (κ1) is 16.9. The minimum absolute atomic E-state index is 0.207. The highest BCUT2D eigenvalue weighted by atomic mass is 35.5. The molecule has 2 amide bonds. The third kappa shape index (κ3) is 4.30. The van der Waals surface area contributed by atoms with Crippen LogP contribution in [0.5, 0.6) is 11.5 Å². The highest BCUT2D eigenvalue weighted by molar-refractivity contribution is 6.34. The quantitative estimate of drug-likeness (QED) is 0.817. The minimum Gasteiger partial charge on any atom is -0.454 e. The monoisotopic (exact) mass is 358 g/mol. The molecule has 2 N–H and O–H groups in total. The van der Waals surface area contributed by atoms with Crippen LogP contribution >= 0.6 is 11.6 Å². The second-order valence-corrected chi connectivity index (χ2v) is 5.72. The lowest BCUT2D eigenvalue weighted by Gasteiger charge is -2.08. The number of carbonyl (C=O) groups excluding carboxylic acids is 2. The van der Waals surface area contributed by atoms with Gasteiger partial charge >= 0.3 is 0 Å². The summed E-state index contributed by atoms with van der Waals surface area (Å²) in [5.41, 5.74) is 1.83. The number of halogens is 1. The van der Waals surface area contributed by atoms with Crippen molar-refractivity contribution in [3.63, 3.8) is 0 Å². The second-order valence-electron chi connectivity index (χ2n) is 5.31. The van der Waals surface area contributed by atoms with Crippen LogP contribution in [0.1, 0.15) is 12.5 Å². The average Bonchev–Trinajstić information content (AvgIpc) is 3.03. The zero-order valence-corrected chi connectivity index (χ0v) is 14.1. The molecule has 6 nitrogen and oxygen atoms in total. The molecular weight excluding hydrogens is 344 g/mol. The standard InChI is InChI=1S/C18H15ClN2O4/c1-11(22)20-15-5-4-13(9-14(15)19)21-18(23)7-3-12-2-6-16-17(8-12)25-10-24-16/h2-9H,10H2,1H3,(H,20,22)(H,21,23)/b7-3+. The van der Waals surface area contributed by atoms with E-state index in [0.29, 0.717) is 27.9 Å². The summed E-state index contributed by atoms with van der Waals surface area (Å²) in [6.45, 7) is 1.60. The molecule has 0 saturated heterocycles. The molecule has 0 fully saturated rings. The van der Waals surface area contributed by atoms with Crippen LogP contribution in [-0.2, 0) is 9.59 Å². The number of benzene rings is 2. The maximum atomic E-state index is 12.0. The first-order valence-corrected chi connectivity index (χ1v) is 7.85. The number of carbonyl (C=O) groups is 2. The summed E-state index contributed by atoms with van der Waals surface area (Å²) in [6, 6.07) is 10.3. The second kappa shape index (κ2) is 7.27. The lowest BCUT2D eigenvalue weighted by atomic mass is 10.2. The molecule has 0 bridgehead atoms. The summed E-state index contributed by atoms with van der Waals surface area (Å²) in [5, 5.41) is 5.65. The van der Waals surface area contributed by atoms with E-state index in [9.17, 15) is 9.59 Å². The van der Waals surface area contributed by atoms with Crippen molar-refractivity contribution >= 4 is 40.9 Å². The van der Waals surface area contributed by atoms with Gasteiger partial charge in [0.2, 0.25) is 18.6 Å². The summed E-state index contributed by atoms with van der Waals surface area (Å²) in [5.74, 6) is 0.824. The molecule has 3 rings (SSSR count). The Kier molecular flexibility index (Phi) is 4.90. The van der Waals surface area contributed by atoms with Crippen molar-refractivity contribution < 1.29 is 19.1 Å². The van der Waals surface area contributed by atoms with Crippen molar-refractivity contribution in [3.8, 4) is 11.5 Å². The lowest BCUT2D eigenvalue weighted by molar-refractivity contribution is -0.114. The SMILES string of the molecule is CC(=O)Nc1ccc(NC(=O)/C=C/c2ccc3c(c2)OCO3)cc1Cl. The number of amides is 2. The first-order chi connectivity index (χ1) is 12.0. The summed E-state index contributed by atoms with van der Waals surface area (Å²) >= 11 is 6.07. The molecule has 0 spiro atoms. The van der Waals surface area contributed by atoms with Gasteiger partial charge in [-0.05, 0) is 42.0 Å². The predicted octanol–water partition coefficient (Wildman–Crippen LogP) is 3.68. The van der Waals surface area contributed by atoms with Crippen molar-refractivity contribution in [2.45, 2.75) is 6.92 Å². The molecule has 128 valence electrons. The van der Waals surface area contributed by atoms with E-state index in [0.717, 1.165) is 5.56 Å². The van der Waals surface area contributed by atoms with E-state index < -0.39 is 0 Å². The zero-order valence-electron chi connectivity index (χ0n) is 13.3. The van der Waals surface area contributed by atoms with Gasteiger partial charge in [0.15, 0.2) is 11.5 Å². The van der Waals surface area contributed by atoms with Crippen LogP contribution in [0.3, 0.4) is 0 Å². The van der Waals surface area contributed by atoms with Gasteiger partial charge in [-0.3, -0.25) is 9.59 Å². The molecular formula is C18H15ClN2O4. The van der Waals surface area contributed by atoms with Crippen molar-refractivity contribution in [1.82, 2.24) is 0 Å². The molecule has 0 radical (unpaired) electrons. The number of hydrogen-bond donors (Lipinski definition) is 2. The molecule has 7 heteroatoms. The smallest absolute Gasteiger partial charge is 0.248 e. The molecule has 1 aliphatic rings. The minimum atomic E-state index is -0.305. The molecule has 1 heterocycles. The Hall–Kier alpha value is -2.99. The van der Waals surface area contributed by atoms with Crippen LogP contribution in [0, 0.1) is 0 Å². The number of nitrogens with one attached hydrogen (secondary N) is 2. The molecule has 0 unspecified atom stereocenters. The fourth-order valence-corrected chi connectivity index (χ4v) is 2.48. The van der Waals surface area contributed by atoms with Crippen molar-refractivity contribution in [3.05, 3.63) is 53.1 Å². The largest absolute Gasteiger partial charge is 0.454 e. The fourth-order valence-electron chi connectivity index (χ4n) is 2.26. The Balaban J connectivity index is 1.64. The summed E-state index contributed by atoms with van der Waals surface area (Å²) in [4.78, 5) is 23.1. The van der Waals surface area contributed by atoms with E-state index in [1.807, 2.05) is 6.07 Å². The number of ether oxygens (including phenoxy) is 2. The van der Waals surface area contributed by atoms with Gasteiger partial charge in [0.25, 0.3) is 0 Å². The highest BCUT2D eigenvalue weighted by Crippen LogP contribution is 2.32. The number of fused-ring (bicyclic) bond motifs is 1. The van der Waals surface area contributed by atoms with Gasteiger partial charge in [0.1, 0.15) is 0 Å². The summed E-state index contributed by atoms with van der Waals surface area (Å²) in [6.07, 6.45) is 3.08. The number of hydrogen-bond acceptors (Lipinski definition) is 4. The third-order valence-electron chi connectivity index (χ3n) is 3.37. The van der Waals surface area contributed by atoms with E-state index in [4.69, 9.17) is 21.1 Å². The Morgan fingerprint density at radius 3 is 2.64 bits per heavy atom. The molecule has 2 aromatic carbocycles. The lowest BCUT2D eigenvalue weighted by Crippen LogP contribution is -2.09. The van der Waals surface area contributed by atoms with E-state index in [1.165, 1.54) is 13.0 Å². The average molecular weight is 359 g/mol. The van der Waals surface area contributed by atoms with E-state index >= 15 is 0 Å². The fraction of sp³-hybridized carbons (Fsp3) is 0.111. The molecule has 1 aliphatic heterocycles. The third-order valence-corrected chi connectivity index (χ3v) is 3.68. The van der Waals surface area contributed by atoms with Gasteiger partial charge in [-0.1, -0.05) is 17.7 Å². The van der Waals surface area contributed by atoms with Crippen LogP contribution in [0.25, 0.3) is 6.08 Å². The molecule has 0 aliphatic carbocycles. The molecule has 0 saturated carbocycles. The van der Waals surface area contributed by atoms with E-state index in [2.05, 4.69) is 10.6 Å². The van der Waals surface area contributed by atoms with Crippen LogP contribution in [0.2, 0.25) is 5.02 Å². The maximum Gasteiger partial charge on any atom is 0.248 e. The van der Waals surface area contributed by atoms with E-state index in [-0.39, 0.29) is 18.6 Å². The molecule has 25 heavy (non-hydrogen) atoms. The predicted molar refractivity (Wildman–Crippen MR) is 96.0 cm³/mol. The van der Waals surface area contributed by atoms with Crippen molar-refractivity contribution in [1.29, 1.82) is 0 Å². The van der Waals surface area contributed by atoms with Crippen LogP contribution < -0.4 is 20.1 Å². The summed E-state index contributed by atoms with van der Waals surface area (Å²) < 4.78 is 10.5. The van der Waals surface area contributed by atoms with Gasteiger partial charge in [-0.2, -0.15) is 0 Å². The first-order valence-electron chi connectivity index (χ1n) is 7.47. The van der Waals surface area contributed by atoms with Gasteiger partial charge in [0.05, 0.1) is 10.7 Å². The molecule has 0 aromatic heterocycles. The van der Waals surface area contributed by atoms with Crippen molar-refractivity contribution in [2.24, 2.45) is 0 Å². The number of anilines is 2. The topological polar surface area (TPSA) is 76.7 Å². The Morgan fingerprint density at radius 1 is 1.08 bits per heavy atom. The Labute approximate surface area is 149 Å². The normalized spacial score (nSPS) is 12.2. The van der Waals surface area contributed by atoms with Crippen LogP contribution in [0.15, 0.2) is 42.5 Å². The Bertz CT molecular complexity index is 864. The summed E-state index contributed by atoms with van der Waals surface area (Å²) in [7, 11) is 0. The molecule has 0 atom stereocenters. The van der Waals surface area contributed by atoms with Crippen molar-refractivity contribution in [2.75, 3.05) is 17.4 Å². The van der Waals surface area contributed by atoms with Crippen LogP contribution in [0.4, 0.5) is 11.4 Å². The number of rotatable bonds is 4. The van der Waals surface area contributed by atoms with Gasteiger partial charge in [-0.15, -0.1) is 0 Å². The molecule has 2 aromatic rings. The highest BCUT2D eigenvalue weighted by Gasteiger charge is 2.12. The van der Waals surface area contributed by atoms with E-state index in [1.54, 1.807) is 36.4 Å². The van der Waals surface area contributed by atoms with Crippen LogP contribution in [-0.4, -0.2) is 18.6 Å². The van der Waals surface area contributed by atoms with Gasteiger partial charge in [-0.25, -0.2) is 0 Å². The maximum absolute atomic E-state index is 12.0. The Morgan fingerprint density at radius 2 is 1.88 bits per heavy atom. The van der Waals surface area contributed by atoms with Gasteiger partial charge in [0, 0.05) is 18.7 Å². The van der Waals surface area contributed by atoms with Gasteiger partial charge < -0.3 is 20.1 Å².